The Morgan fingerprint density at radius 3 is 2.37 bits per heavy atom. The Balaban J connectivity index is 2.68. The fraction of sp³-hybridized carbons (Fsp3) is 0.667. The Bertz CT molecular complexity index is 553. The van der Waals surface area contributed by atoms with E-state index in [2.05, 4.69) is 33.9 Å². The van der Waals surface area contributed by atoms with Gasteiger partial charge in [-0.05, 0) is 30.6 Å². The standard InChI is InChI=1S/C21H36O5Si/c1-7-25-20(23)14-18(22)13-19(26-27(5,6)21(2,3)4)16-24-15-17-11-9-8-10-12-17/h8-12,18-19,22H,7,13-16H2,1-6H3/t18-,19+/m1/s1. The molecule has 0 spiro atoms. The number of hydrogen-bond donors (Lipinski definition) is 1. The monoisotopic (exact) mass is 396 g/mol. The first-order chi connectivity index (χ1) is 12.5. The van der Waals surface area contributed by atoms with Crippen molar-refractivity contribution < 1.29 is 23.8 Å². The second-order valence-corrected chi connectivity index (χ2v) is 13.2. The largest absolute Gasteiger partial charge is 0.466 e. The molecule has 0 bridgehead atoms. The summed E-state index contributed by atoms with van der Waals surface area (Å²) in [7, 11) is -2.03. The summed E-state index contributed by atoms with van der Waals surface area (Å²) >= 11 is 0. The lowest BCUT2D eigenvalue weighted by molar-refractivity contribution is -0.145. The van der Waals surface area contributed by atoms with Crippen molar-refractivity contribution in [1.29, 1.82) is 0 Å². The first-order valence-corrected chi connectivity index (χ1v) is 12.6. The predicted molar refractivity (Wildman–Crippen MR) is 110 cm³/mol. The van der Waals surface area contributed by atoms with Crippen LogP contribution in [0.25, 0.3) is 0 Å². The second-order valence-electron chi connectivity index (χ2n) is 8.40. The predicted octanol–water partition coefficient (Wildman–Crippen LogP) is 4.30. The van der Waals surface area contributed by atoms with Crippen molar-refractivity contribution in [3.8, 4) is 0 Å². The molecule has 154 valence electrons. The maximum absolute atomic E-state index is 11.6. The van der Waals surface area contributed by atoms with Crippen LogP contribution in [0, 0.1) is 0 Å². The Morgan fingerprint density at radius 2 is 1.81 bits per heavy atom. The van der Waals surface area contributed by atoms with Gasteiger partial charge in [-0.2, -0.15) is 0 Å². The van der Waals surface area contributed by atoms with Gasteiger partial charge in [0.15, 0.2) is 8.32 Å². The van der Waals surface area contributed by atoms with Gasteiger partial charge in [0.2, 0.25) is 0 Å². The van der Waals surface area contributed by atoms with Crippen molar-refractivity contribution in [3.05, 3.63) is 35.9 Å². The molecule has 27 heavy (non-hydrogen) atoms. The molecule has 1 N–H and O–H groups in total. The number of carbonyl (C=O) groups excluding carboxylic acids is 1. The first-order valence-electron chi connectivity index (χ1n) is 9.68. The molecule has 0 radical (unpaired) electrons. The SMILES string of the molecule is CCOC(=O)C[C@H](O)C[C@@H](COCc1ccccc1)O[Si](C)(C)C(C)(C)C. The van der Waals surface area contributed by atoms with E-state index in [9.17, 15) is 9.90 Å². The van der Waals surface area contributed by atoms with E-state index in [-0.39, 0.29) is 23.5 Å². The minimum atomic E-state index is -2.03. The van der Waals surface area contributed by atoms with Crippen LogP contribution in [-0.2, 0) is 25.3 Å². The van der Waals surface area contributed by atoms with Crippen LogP contribution in [0.2, 0.25) is 18.1 Å². The summed E-state index contributed by atoms with van der Waals surface area (Å²) < 4.78 is 17.2. The summed E-state index contributed by atoms with van der Waals surface area (Å²) in [5.74, 6) is -0.388. The van der Waals surface area contributed by atoms with Crippen molar-refractivity contribution in [2.75, 3.05) is 13.2 Å². The van der Waals surface area contributed by atoms with Gasteiger partial charge in [0.05, 0.1) is 38.4 Å². The maximum atomic E-state index is 11.6. The summed E-state index contributed by atoms with van der Waals surface area (Å²) in [5, 5.41) is 10.4. The normalized spacial score (nSPS) is 14.6. The smallest absolute Gasteiger partial charge is 0.308 e. The lowest BCUT2D eigenvalue weighted by atomic mass is 10.1. The van der Waals surface area contributed by atoms with Gasteiger partial charge in [-0.25, -0.2) is 0 Å². The minimum absolute atomic E-state index is 0.0239. The number of esters is 1. The fourth-order valence-electron chi connectivity index (χ4n) is 2.43. The zero-order valence-electron chi connectivity index (χ0n) is 17.7. The summed E-state index contributed by atoms with van der Waals surface area (Å²) in [6, 6.07) is 9.95. The van der Waals surface area contributed by atoms with Crippen LogP contribution in [0.3, 0.4) is 0 Å². The fourth-order valence-corrected chi connectivity index (χ4v) is 3.78. The number of benzene rings is 1. The average molecular weight is 397 g/mol. The molecule has 1 aromatic carbocycles. The van der Waals surface area contributed by atoms with Crippen molar-refractivity contribution in [2.24, 2.45) is 0 Å². The van der Waals surface area contributed by atoms with Crippen molar-refractivity contribution in [1.82, 2.24) is 0 Å². The van der Waals surface area contributed by atoms with Gasteiger partial charge < -0.3 is 19.0 Å². The molecular weight excluding hydrogens is 360 g/mol. The van der Waals surface area contributed by atoms with E-state index in [0.29, 0.717) is 26.2 Å². The van der Waals surface area contributed by atoms with Crippen molar-refractivity contribution in [2.45, 2.75) is 77.5 Å². The van der Waals surface area contributed by atoms with Crippen LogP contribution in [-0.4, -0.2) is 44.8 Å². The third-order valence-electron chi connectivity index (χ3n) is 4.93. The topological polar surface area (TPSA) is 65.0 Å². The zero-order valence-corrected chi connectivity index (χ0v) is 18.7. The highest BCUT2D eigenvalue weighted by Crippen LogP contribution is 2.37. The van der Waals surface area contributed by atoms with Crippen molar-refractivity contribution in [3.63, 3.8) is 0 Å². The summed E-state index contributed by atoms with van der Waals surface area (Å²) in [6.45, 7) is 13.8. The highest BCUT2D eigenvalue weighted by Gasteiger charge is 2.39. The van der Waals surface area contributed by atoms with Gasteiger partial charge in [-0.15, -0.1) is 0 Å². The van der Waals surface area contributed by atoms with Gasteiger partial charge in [-0.3, -0.25) is 4.79 Å². The number of rotatable bonds is 11. The van der Waals surface area contributed by atoms with E-state index in [0.717, 1.165) is 5.56 Å². The Kier molecular flexibility index (Phi) is 9.66. The number of carbonyl (C=O) groups is 1. The molecular formula is C21H36O5Si. The minimum Gasteiger partial charge on any atom is -0.466 e. The third-order valence-corrected chi connectivity index (χ3v) is 9.46. The molecule has 0 fully saturated rings. The highest BCUT2D eigenvalue weighted by molar-refractivity contribution is 6.74. The Labute approximate surface area is 165 Å². The highest BCUT2D eigenvalue weighted by atomic mass is 28.4. The van der Waals surface area contributed by atoms with Gasteiger partial charge in [0.1, 0.15) is 0 Å². The molecule has 0 heterocycles. The summed E-state index contributed by atoms with van der Waals surface area (Å²) in [4.78, 5) is 11.6. The number of hydrogen-bond acceptors (Lipinski definition) is 5. The summed E-state index contributed by atoms with van der Waals surface area (Å²) in [6.07, 6.45) is -0.748. The molecule has 2 atom stereocenters. The van der Waals surface area contributed by atoms with Crippen LogP contribution >= 0.6 is 0 Å². The van der Waals surface area contributed by atoms with Crippen LogP contribution in [0.5, 0.6) is 0 Å². The molecule has 0 saturated heterocycles. The van der Waals surface area contributed by atoms with Gasteiger partial charge in [0, 0.05) is 6.42 Å². The molecule has 1 rings (SSSR count). The molecule has 5 nitrogen and oxygen atoms in total. The van der Waals surface area contributed by atoms with E-state index in [1.165, 1.54) is 0 Å². The van der Waals surface area contributed by atoms with Crippen LogP contribution in [0.1, 0.15) is 46.1 Å². The first kappa shape index (κ1) is 23.8. The lowest BCUT2D eigenvalue weighted by Gasteiger charge is -2.39. The number of ether oxygens (including phenoxy) is 2. The molecule has 0 aliphatic rings. The Hall–Kier alpha value is -1.21. The van der Waals surface area contributed by atoms with Crippen LogP contribution in [0.15, 0.2) is 30.3 Å². The second kappa shape index (κ2) is 11.0. The zero-order chi connectivity index (χ0) is 20.5. The lowest BCUT2D eigenvalue weighted by Crippen LogP contribution is -2.46. The van der Waals surface area contributed by atoms with E-state index < -0.39 is 14.4 Å². The maximum Gasteiger partial charge on any atom is 0.308 e. The number of aliphatic hydroxyl groups excluding tert-OH is 1. The quantitative estimate of drug-likeness (QED) is 0.446. The van der Waals surface area contributed by atoms with E-state index in [1.54, 1.807) is 6.92 Å². The van der Waals surface area contributed by atoms with Gasteiger partial charge >= 0.3 is 5.97 Å². The van der Waals surface area contributed by atoms with Gasteiger partial charge in [-0.1, -0.05) is 51.1 Å². The van der Waals surface area contributed by atoms with Crippen LogP contribution < -0.4 is 0 Å². The third kappa shape index (κ3) is 9.01. The number of aliphatic hydroxyl groups is 1. The Morgan fingerprint density at radius 1 is 1.19 bits per heavy atom. The molecule has 6 heteroatoms. The molecule has 1 aromatic rings. The molecule has 0 amide bonds. The van der Waals surface area contributed by atoms with E-state index in [4.69, 9.17) is 13.9 Å². The molecule has 0 aliphatic heterocycles. The molecule has 0 unspecified atom stereocenters. The van der Waals surface area contributed by atoms with Crippen LogP contribution in [0.4, 0.5) is 0 Å². The summed E-state index contributed by atoms with van der Waals surface area (Å²) in [5.41, 5.74) is 1.09. The molecule has 0 aromatic heterocycles. The van der Waals surface area contributed by atoms with Gasteiger partial charge in [0.25, 0.3) is 0 Å². The van der Waals surface area contributed by atoms with Crippen molar-refractivity contribution >= 4 is 14.3 Å². The molecule has 0 aliphatic carbocycles. The van der Waals surface area contributed by atoms with E-state index >= 15 is 0 Å². The van der Waals surface area contributed by atoms with E-state index in [1.807, 2.05) is 30.3 Å². The average Bonchev–Trinajstić information content (AvgIpc) is 2.54. The molecule has 0 saturated carbocycles.